The monoisotopic (exact) mass is 303 g/mol. The van der Waals surface area contributed by atoms with E-state index >= 15 is 0 Å². The fourth-order valence-corrected chi connectivity index (χ4v) is 2.86. The maximum Gasteiger partial charge on any atom is 0.234 e. The molecule has 0 aromatic carbocycles. The van der Waals surface area contributed by atoms with Crippen molar-refractivity contribution in [3.8, 4) is 0 Å². The van der Waals surface area contributed by atoms with E-state index in [4.69, 9.17) is 5.73 Å². The normalized spacial score (nSPS) is 15.9. The predicted molar refractivity (Wildman–Crippen MR) is 81.6 cm³/mol. The molecule has 108 valence electrons. The summed E-state index contributed by atoms with van der Waals surface area (Å²) in [6.45, 7) is 1.70. The maximum atomic E-state index is 11.8. The molecule has 0 spiro atoms. The summed E-state index contributed by atoms with van der Waals surface area (Å²) in [5, 5.41) is 4.96. The lowest BCUT2D eigenvalue weighted by molar-refractivity contribution is -0.122. The summed E-state index contributed by atoms with van der Waals surface area (Å²) in [5.74, 6) is 0.773. The molecule has 1 atom stereocenters. The van der Waals surface area contributed by atoms with E-state index in [1.165, 1.54) is 17.7 Å². The van der Waals surface area contributed by atoms with Gasteiger partial charge in [-0.25, -0.2) is 0 Å². The fraction of sp³-hybridized carbons (Fsp3) is 0.615. The Morgan fingerprint density at radius 3 is 2.89 bits per heavy atom. The highest BCUT2D eigenvalue weighted by Gasteiger charge is 2.33. The van der Waals surface area contributed by atoms with Gasteiger partial charge in [-0.1, -0.05) is 6.07 Å². The van der Waals surface area contributed by atoms with Crippen molar-refractivity contribution in [2.45, 2.75) is 25.4 Å². The molecule has 6 heteroatoms. The van der Waals surface area contributed by atoms with E-state index in [1.54, 1.807) is 11.3 Å². The van der Waals surface area contributed by atoms with Gasteiger partial charge in [-0.05, 0) is 37.3 Å². The standard InChI is InChI=1S/C13H21N3OS.ClH/c1-16(12(7-14)10-4-5-10)9-13(17)15-8-11-3-2-6-18-11;/h2-3,6,10,12H,4-5,7-9,14H2,1H3,(H,15,17);1H. The second kappa shape index (κ2) is 7.85. The van der Waals surface area contributed by atoms with Gasteiger partial charge < -0.3 is 11.1 Å². The van der Waals surface area contributed by atoms with Crippen molar-refractivity contribution in [1.82, 2.24) is 10.2 Å². The first-order valence-corrected chi connectivity index (χ1v) is 7.28. The first-order chi connectivity index (χ1) is 8.70. The number of rotatable bonds is 7. The summed E-state index contributed by atoms with van der Waals surface area (Å²) in [5.41, 5.74) is 5.77. The van der Waals surface area contributed by atoms with Crippen LogP contribution in [0, 0.1) is 5.92 Å². The van der Waals surface area contributed by atoms with Crippen LogP contribution in [0.25, 0.3) is 0 Å². The van der Waals surface area contributed by atoms with E-state index in [0.29, 0.717) is 31.6 Å². The zero-order valence-corrected chi connectivity index (χ0v) is 12.8. The minimum atomic E-state index is 0. The number of nitrogens with one attached hydrogen (secondary N) is 1. The average Bonchev–Trinajstić information content (AvgIpc) is 3.03. The van der Waals surface area contributed by atoms with Crippen LogP contribution in [0.4, 0.5) is 0 Å². The molecule has 4 nitrogen and oxygen atoms in total. The molecule has 1 unspecified atom stereocenters. The van der Waals surface area contributed by atoms with Crippen molar-refractivity contribution in [3.05, 3.63) is 22.4 Å². The summed E-state index contributed by atoms with van der Waals surface area (Å²) in [6.07, 6.45) is 2.51. The number of nitrogens with zero attached hydrogens (tertiary/aromatic N) is 1. The van der Waals surface area contributed by atoms with Crippen molar-refractivity contribution < 1.29 is 4.79 Å². The number of carbonyl (C=O) groups excluding carboxylic acids is 1. The van der Waals surface area contributed by atoms with Gasteiger partial charge in [0.1, 0.15) is 0 Å². The second-order valence-corrected chi connectivity index (χ2v) is 5.94. The molecule has 2 rings (SSSR count). The molecular weight excluding hydrogens is 282 g/mol. The Labute approximate surface area is 124 Å². The predicted octanol–water partition coefficient (Wildman–Crippen LogP) is 1.46. The Balaban J connectivity index is 0.00000180. The molecule has 0 radical (unpaired) electrons. The van der Waals surface area contributed by atoms with Gasteiger partial charge in [0.25, 0.3) is 0 Å². The van der Waals surface area contributed by atoms with E-state index < -0.39 is 0 Å². The van der Waals surface area contributed by atoms with Gasteiger partial charge in [-0.3, -0.25) is 9.69 Å². The van der Waals surface area contributed by atoms with Crippen LogP contribution in [0.3, 0.4) is 0 Å². The number of hydrogen-bond donors (Lipinski definition) is 2. The molecule has 1 aliphatic rings. The highest BCUT2D eigenvalue weighted by atomic mass is 35.5. The summed E-state index contributed by atoms with van der Waals surface area (Å²) >= 11 is 1.66. The molecule has 0 bridgehead atoms. The second-order valence-electron chi connectivity index (χ2n) is 4.91. The lowest BCUT2D eigenvalue weighted by Gasteiger charge is -2.26. The molecule has 3 N–H and O–H groups in total. The SMILES string of the molecule is CN(CC(=O)NCc1cccs1)C(CN)C1CC1.Cl. The first-order valence-electron chi connectivity index (χ1n) is 6.40. The number of likely N-dealkylation sites (N-methyl/N-ethyl adjacent to an activating group) is 1. The number of carbonyl (C=O) groups is 1. The quantitative estimate of drug-likeness (QED) is 0.802. The topological polar surface area (TPSA) is 58.4 Å². The van der Waals surface area contributed by atoms with Crippen LogP contribution in [-0.2, 0) is 11.3 Å². The molecule has 1 aromatic heterocycles. The lowest BCUT2D eigenvalue weighted by atomic mass is 10.1. The Morgan fingerprint density at radius 2 is 2.37 bits per heavy atom. The first kappa shape index (κ1) is 16.4. The molecule has 1 heterocycles. The van der Waals surface area contributed by atoms with Crippen LogP contribution in [0.1, 0.15) is 17.7 Å². The Hall–Kier alpha value is -0.620. The smallest absolute Gasteiger partial charge is 0.234 e. The van der Waals surface area contributed by atoms with E-state index in [2.05, 4.69) is 10.2 Å². The molecule has 1 saturated carbocycles. The van der Waals surface area contributed by atoms with Crippen LogP contribution in [0.2, 0.25) is 0 Å². The van der Waals surface area contributed by atoms with Crippen LogP contribution in [-0.4, -0.2) is 37.0 Å². The third-order valence-corrected chi connectivity index (χ3v) is 4.28. The largest absolute Gasteiger partial charge is 0.350 e. The van der Waals surface area contributed by atoms with Gasteiger partial charge in [0.2, 0.25) is 5.91 Å². The molecular formula is C13H22ClN3OS. The third-order valence-electron chi connectivity index (χ3n) is 3.41. The van der Waals surface area contributed by atoms with Gasteiger partial charge in [0.05, 0.1) is 13.1 Å². The van der Waals surface area contributed by atoms with Crippen LogP contribution >= 0.6 is 23.7 Å². The van der Waals surface area contributed by atoms with E-state index in [-0.39, 0.29) is 18.3 Å². The van der Waals surface area contributed by atoms with Gasteiger partial charge in [0.15, 0.2) is 0 Å². The zero-order chi connectivity index (χ0) is 13.0. The molecule has 0 aliphatic heterocycles. The third kappa shape index (κ3) is 5.10. The molecule has 1 aromatic rings. The fourth-order valence-electron chi connectivity index (χ4n) is 2.21. The van der Waals surface area contributed by atoms with Gasteiger partial charge in [0, 0.05) is 17.5 Å². The molecule has 1 aliphatic carbocycles. The number of amides is 1. The van der Waals surface area contributed by atoms with E-state index in [1.807, 2.05) is 24.6 Å². The van der Waals surface area contributed by atoms with Crippen molar-refractivity contribution >= 4 is 29.7 Å². The zero-order valence-electron chi connectivity index (χ0n) is 11.2. The lowest BCUT2D eigenvalue weighted by Crippen LogP contribution is -2.44. The molecule has 1 fully saturated rings. The van der Waals surface area contributed by atoms with E-state index in [0.717, 1.165) is 0 Å². The Bertz CT molecular complexity index is 381. The highest BCUT2D eigenvalue weighted by Crippen LogP contribution is 2.34. The highest BCUT2D eigenvalue weighted by molar-refractivity contribution is 7.09. The van der Waals surface area contributed by atoms with Crippen molar-refractivity contribution in [2.24, 2.45) is 11.7 Å². The van der Waals surface area contributed by atoms with Crippen LogP contribution in [0.5, 0.6) is 0 Å². The minimum absolute atomic E-state index is 0. The summed E-state index contributed by atoms with van der Waals surface area (Å²) < 4.78 is 0. The average molecular weight is 304 g/mol. The molecule has 0 saturated heterocycles. The molecule has 1 amide bonds. The Morgan fingerprint density at radius 1 is 1.63 bits per heavy atom. The van der Waals surface area contributed by atoms with Crippen LogP contribution < -0.4 is 11.1 Å². The van der Waals surface area contributed by atoms with Crippen molar-refractivity contribution in [3.63, 3.8) is 0 Å². The number of thiophene rings is 1. The summed E-state index contributed by atoms with van der Waals surface area (Å²) in [6, 6.07) is 4.38. The van der Waals surface area contributed by atoms with E-state index in [9.17, 15) is 4.79 Å². The summed E-state index contributed by atoms with van der Waals surface area (Å²) in [7, 11) is 1.99. The molecule has 19 heavy (non-hydrogen) atoms. The number of hydrogen-bond acceptors (Lipinski definition) is 4. The van der Waals surface area contributed by atoms with Gasteiger partial charge in [-0.15, -0.1) is 23.7 Å². The van der Waals surface area contributed by atoms with Crippen LogP contribution in [0.15, 0.2) is 17.5 Å². The summed E-state index contributed by atoms with van der Waals surface area (Å²) in [4.78, 5) is 15.1. The number of nitrogens with two attached hydrogens (primary N) is 1. The van der Waals surface area contributed by atoms with Gasteiger partial charge in [-0.2, -0.15) is 0 Å². The minimum Gasteiger partial charge on any atom is -0.350 e. The van der Waals surface area contributed by atoms with Gasteiger partial charge >= 0.3 is 0 Å². The van der Waals surface area contributed by atoms with Crippen molar-refractivity contribution in [1.29, 1.82) is 0 Å². The Kier molecular flexibility index (Phi) is 6.79. The maximum absolute atomic E-state index is 11.8. The van der Waals surface area contributed by atoms with Crippen molar-refractivity contribution in [2.75, 3.05) is 20.1 Å². The number of halogens is 1.